The van der Waals surface area contributed by atoms with E-state index in [9.17, 15) is 13.5 Å². The van der Waals surface area contributed by atoms with E-state index in [-0.39, 0.29) is 12.5 Å². The number of fused-ring (bicyclic) bond motifs is 1. The molecule has 0 spiro atoms. The molecule has 176 valence electrons. The summed E-state index contributed by atoms with van der Waals surface area (Å²) in [5.41, 5.74) is 3.53. The lowest BCUT2D eigenvalue weighted by Crippen LogP contribution is -2.37. The van der Waals surface area contributed by atoms with Gasteiger partial charge in [-0.15, -0.1) is 0 Å². The molecule has 3 aromatic rings. The van der Waals surface area contributed by atoms with Gasteiger partial charge in [-0.25, -0.2) is 22.7 Å². The summed E-state index contributed by atoms with van der Waals surface area (Å²) >= 11 is 0. The van der Waals surface area contributed by atoms with Crippen LogP contribution < -0.4 is 4.90 Å². The van der Waals surface area contributed by atoms with Crippen LogP contribution in [0.1, 0.15) is 30.0 Å². The molecule has 2 saturated heterocycles. The van der Waals surface area contributed by atoms with Crippen LogP contribution in [0.4, 0.5) is 5.82 Å². The van der Waals surface area contributed by atoms with Crippen LogP contribution in [0.5, 0.6) is 0 Å². The first-order chi connectivity index (χ1) is 15.9. The molecule has 2 fully saturated rings. The molecule has 0 bridgehead atoms. The highest BCUT2D eigenvalue weighted by Gasteiger charge is 2.31. The van der Waals surface area contributed by atoms with Crippen LogP contribution >= 0.6 is 0 Å². The van der Waals surface area contributed by atoms with Crippen molar-refractivity contribution in [2.75, 3.05) is 50.5 Å². The standard InChI is InChI=1S/C22H27N5O5S/c1-33(29,30)27-7-5-16(6-8-27)18-19-20(32-25-18)22(26-9-11-31-12-10-26)24-21(23-19)17-4-2-3-15(13-17)14-28/h2-4,13,16,28H,5-12,14H2,1H3. The average Bonchev–Trinajstić information content (AvgIpc) is 3.27. The highest BCUT2D eigenvalue weighted by molar-refractivity contribution is 7.88. The first-order valence-electron chi connectivity index (χ1n) is 11.1. The van der Waals surface area contributed by atoms with Crippen LogP contribution in [0.3, 0.4) is 0 Å². The lowest BCUT2D eigenvalue weighted by atomic mass is 9.94. The molecule has 2 aliphatic rings. The van der Waals surface area contributed by atoms with Crippen molar-refractivity contribution >= 4 is 26.9 Å². The van der Waals surface area contributed by atoms with E-state index < -0.39 is 10.0 Å². The number of rotatable bonds is 5. The monoisotopic (exact) mass is 473 g/mol. The molecule has 5 rings (SSSR count). The van der Waals surface area contributed by atoms with E-state index in [1.165, 1.54) is 10.6 Å². The lowest BCUT2D eigenvalue weighted by molar-refractivity contribution is 0.122. The molecular weight excluding hydrogens is 446 g/mol. The number of hydrogen-bond acceptors (Lipinski definition) is 9. The highest BCUT2D eigenvalue weighted by Crippen LogP contribution is 2.36. The molecule has 1 N–H and O–H groups in total. The molecule has 0 aliphatic carbocycles. The molecule has 0 amide bonds. The predicted octanol–water partition coefficient (Wildman–Crippen LogP) is 1.75. The fourth-order valence-electron chi connectivity index (χ4n) is 4.49. The number of aliphatic hydroxyl groups is 1. The Kier molecular flexibility index (Phi) is 6.04. The average molecular weight is 474 g/mol. The molecule has 2 aliphatic heterocycles. The van der Waals surface area contributed by atoms with E-state index in [1.807, 2.05) is 24.3 Å². The van der Waals surface area contributed by atoms with E-state index in [0.717, 1.165) is 16.8 Å². The van der Waals surface area contributed by atoms with Crippen LogP contribution in [0.2, 0.25) is 0 Å². The van der Waals surface area contributed by atoms with Gasteiger partial charge in [0.15, 0.2) is 11.6 Å². The minimum atomic E-state index is -3.21. The molecule has 0 saturated carbocycles. The molecule has 11 heteroatoms. The molecule has 1 aromatic carbocycles. The van der Waals surface area contributed by atoms with Gasteiger partial charge in [0.05, 0.1) is 26.1 Å². The zero-order chi connectivity index (χ0) is 23.0. The van der Waals surface area contributed by atoms with Gasteiger partial charge in [0, 0.05) is 37.7 Å². The number of nitrogens with zero attached hydrogens (tertiary/aromatic N) is 5. The minimum Gasteiger partial charge on any atom is -0.392 e. The Balaban J connectivity index is 1.57. The number of aromatic nitrogens is 3. The number of ether oxygens (including phenoxy) is 1. The summed E-state index contributed by atoms with van der Waals surface area (Å²) in [5.74, 6) is 1.27. The summed E-state index contributed by atoms with van der Waals surface area (Å²) < 4.78 is 36.6. The fraction of sp³-hybridized carbons (Fsp3) is 0.500. The Labute approximate surface area is 192 Å². The second-order valence-electron chi connectivity index (χ2n) is 8.51. The maximum Gasteiger partial charge on any atom is 0.227 e. The van der Waals surface area contributed by atoms with Crippen LogP contribution in [-0.2, 0) is 21.4 Å². The topological polar surface area (TPSA) is 122 Å². The quantitative estimate of drug-likeness (QED) is 0.590. The van der Waals surface area contributed by atoms with Crippen molar-refractivity contribution in [3.63, 3.8) is 0 Å². The normalized spacial score (nSPS) is 18.8. The number of anilines is 1. The number of benzene rings is 1. The number of aliphatic hydroxyl groups excluding tert-OH is 1. The van der Waals surface area contributed by atoms with Gasteiger partial charge in [-0.2, -0.15) is 0 Å². The van der Waals surface area contributed by atoms with Gasteiger partial charge < -0.3 is 19.3 Å². The smallest absolute Gasteiger partial charge is 0.227 e. The van der Waals surface area contributed by atoms with E-state index in [1.54, 1.807) is 0 Å². The van der Waals surface area contributed by atoms with Gasteiger partial charge in [-0.3, -0.25) is 0 Å². The van der Waals surface area contributed by atoms with Crippen molar-refractivity contribution in [3.8, 4) is 11.4 Å². The summed E-state index contributed by atoms with van der Waals surface area (Å²) in [5, 5.41) is 14.0. The van der Waals surface area contributed by atoms with Gasteiger partial charge in [0.1, 0.15) is 11.2 Å². The number of sulfonamides is 1. The Morgan fingerprint density at radius 1 is 1.12 bits per heavy atom. The Morgan fingerprint density at radius 2 is 1.88 bits per heavy atom. The second kappa shape index (κ2) is 8.98. The van der Waals surface area contributed by atoms with E-state index >= 15 is 0 Å². The van der Waals surface area contributed by atoms with Crippen molar-refractivity contribution in [2.45, 2.75) is 25.4 Å². The molecule has 10 nitrogen and oxygen atoms in total. The Hall–Kier alpha value is -2.60. The SMILES string of the molecule is CS(=O)(=O)N1CCC(c2noc3c(N4CCOCC4)nc(-c4cccc(CO)c4)nc23)CC1. The van der Waals surface area contributed by atoms with E-state index in [0.29, 0.717) is 75.0 Å². The maximum absolute atomic E-state index is 11.9. The highest BCUT2D eigenvalue weighted by atomic mass is 32.2. The summed E-state index contributed by atoms with van der Waals surface area (Å²) in [6, 6.07) is 7.52. The number of hydrogen-bond donors (Lipinski definition) is 1. The fourth-order valence-corrected chi connectivity index (χ4v) is 5.36. The van der Waals surface area contributed by atoms with Crippen LogP contribution in [0.15, 0.2) is 28.8 Å². The third-order valence-corrected chi connectivity index (χ3v) is 7.62. The van der Waals surface area contributed by atoms with Gasteiger partial charge >= 0.3 is 0 Å². The van der Waals surface area contributed by atoms with E-state index in [2.05, 4.69) is 10.1 Å². The predicted molar refractivity (Wildman–Crippen MR) is 122 cm³/mol. The van der Waals surface area contributed by atoms with Crippen LogP contribution in [-0.4, -0.2) is 78.6 Å². The van der Waals surface area contributed by atoms with Gasteiger partial charge in [-0.1, -0.05) is 23.4 Å². The summed E-state index contributed by atoms with van der Waals surface area (Å²) in [4.78, 5) is 11.8. The zero-order valence-electron chi connectivity index (χ0n) is 18.5. The van der Waals surface area contributed by atoms with Gasteiger partial charge in [-0.05, 0) is 24.5 Å². The first kappa shape index (κ1) is 22.2. The molecule has 2 aromatic heterocycles. The van der Waals surface area contributed by atoms with Crippen molar-refractivity contribution < 1.29 is 22.8 Å². The zero-order valence-corrected chi connectivity index (χ0v) is 19.3. The third-order valence-electron chi connectivity index (χ3n) is 6.31. The summed E-state index contributed by atoms with van der Waals surface area (Å²) in [6.45, 7) is 3.41. The van der Waals surface area contributed by atoms with Gasteiger partial charge in [0.25, 0.3) is 0 Å². The van der Waals surface area contributed by atoms with Crippen molar-refractivity contribution in [3.05, 3.63) is 35.5 Å². The molecule has 33 heavy (non-hydrogen) atoms. The van der Waals surface area contributed by atoms with E-state index in [4.69, 9.17) is 19.2 Å². The third kappa shape index (κ3) is 4.45. The number of piperidine rings is 1. The van der Waals surface area contributed by atoms with Crippen LogP contribution in [0.25, 0.3) is 22.5 Å². The summed E-state index contributed by atoms with van der Waals surface area (Å²) in [7, 11) is -3.21. The van der Waals surface area contributed by atoms with Gasteiger partial charge in [0.2, 0.25) is 15.6 Å². The van der Waals surface area contributed by atoms with Crippen molar-refractivity contribution in [1.82, 2.24) is 19.4 Å². The molecule has 4 heterocycles. The molecule has 0 atom stereocenters. The first-order valence-corrected chi connectivity index (χ1v) is 12.9. The molecule has 0 radical (unpaired) electrons. The maximum atomic E-state index is 11.9. The van der Waals surface area contributed by atoms with Crippen LogP contribution in [0, 0.1) is 0 Å². The second-order valence-corrected chi connectivity index (χ2v) is 10.5. The summed E-state index contributed by atoms with van der Waals surface area (Å²) in [6.07, 6.45) is 2.55. The Morgan fingerprint density at radius 3 is 2.58 bits per heavy atom. The lowest BCUT2D eigenvalue weighted by Gasteiger charge is -2.29. The molecule has 0 unspecified atom stereocenters. The molecular formula is C22H27N5O5S. The minimum absolute atomic E-state index is 0.0494. The largest absolute Gasteiger partial charge is 0.392 e. The van der Waals surface area contributed by atoms with Crippen molar-refractivity contribution in [2.24, 2.45) is 0 Å². The number of morpholine rings is 1. The van der Waals surface area contributed by atoms with Crippen molar-refractivity contribution in [1.29, 1.82) is 0 Å². The Bertz CT molecular complexity index is 1250.